The fourth-order valence-corrected chi connectivity index (χ4v) is 2.90. The molecule has 2 aromatic heterocycles. The van der Waals surface area contributed by atoms with Crippen LogP contribution < -0.4 is 4.87 Å². The summed E-state index contributed by atoms with van der Waals surface area (Å²) >= 11 is 7.13. The summed E-state index contributed by atoms with van der Waals surface area (Å²) in [4.78, 5) is 18.5. The van der Waals surface area contributed by atoms with E-state index in [1.54, 1.807) is 0 Å². The first kappa shape index (κ1) is 12.4. The number of nitrogens with one attached hydrogen (secondary N) is 1. The lowest BCUT2D eigenvalue weighted by atomic mass is 10.2. The van der Waals surface area contributed by atoms with Gasteiger partial charge in [0.15, 0.2) is 0 Å². The molecule has 0 saturated carbocycles. The molecule has 0 bridgehead atoms. The number of aromatic nitrogens is 3. The van der Waals surface area contributed by atoms with Crippen LogP contribution in [-0.4, -0.2) is 14.5 Å². The van der Waals surface area contributed by atoms with Gasteiger partial charge in [-0.25, -0.2) is 4.98 Å². The van der Waals surface area contributed by atoms with E-state index in [1.807, 2.05) is 29.0 Å². The summed E-state index contributed by atoms with van der Waals surface area (Å²) in [6, 6.07) is 6.11. The van der Waals surface area contributed by atoms with Gasteiger partial charge in [0.05, 0.1) is 23.5 Å². The Morgan fingerprint density at radius 1 is 1.47 bits per heavy atom. The molecular weight excluding hydrogens is 282 g/mol. The van der Waals surface area contributed by atoms with Crippen LogP contribution >= 0.6 is 22.9 Å². The number of H-pyrrole nitrogens is 1. The molecule has 0 atom stereocenters. The van der Waals surface area contributed by atoms with Crippen LogP contribution in [0.2, 0.25) is 0 Å². The van der Waals surface area contributed by atoms with Crippen molar-refractivity contribution < 1.29 is 0 Å². The van der Waals surface area contributed by atoms with Crippen molar-refractivity contribution in [1.29, 1.82) is 0 Å². The highest BCUT2D eigenvalue weighted by molar-refractivity contribution is 7.07. The fourth-order valence-electron chi connectivity index (χ4n) is 2.12. The molecule has 0 aliphatic heterocycles. The minimum Gasteiger partial charge on any atom is -0.321 e. The molecule has 98 valence electrons. The Bertz CT molecular complexity index is 787. The third kappa shape index (κ3) is 2.31. The molecule has 4 nitrogen and oxygen atoms in total. The van der Waals surface area contributed by atoms with Crippen LogP contribution in [0.5, 0.6) is 0 Å². The molecule has 3 rings (SSSR count). The van der Waals surface area contributed by atoms with Crippen molar-refractivity contribution in [3.05, 3.63) is 50.3 Å². The highest BCUT2D eigenvalue weighted by atomic mass is 35.5. The van der Waals surface area contributed by atoms with Crippen LogP contribution in [0.4, 0.5) is 0 Å². The molecule has 3 aromatic rings. The molecule has 2 heterocycles. The van der Waals surface area contributed by atoms with Crippen LogP contribution in [0.3, 0.4) is 0 Å². The second-order valence-electron chi connectivity index (χ2n) is 4.41. The molecule has 0 saturated heterocycles. The third-order valence-electron chi connectivity index (χ3n) is 3.00. The topological polar surface area (TPSA) is 50.7 Å². The largest absolute Gasteiger partial charge is 0.321 e. The third-order valence-corrected chi connectivity index (χ3v) is 3.96. The van der Waals surface area contributed by atoms with Crippen molar-refractivity contribution in [2.75, 3.05) is 0 Å². The Balaban J connectivity index is 2.14. The van der Waals surface area contributed by atoms with Gasteiger partial charge in [-0.15, -0.1) is 11.6 Å². The summed E-state index contributed by atoms with van der Waals surface area (Å²) in [6.07, 6.45) is 0. The van der Waals surface area contributed by atoms with Crippen molar-refractivity contribution in [1.82, 2.24) is 14.5 Å². The maximum absolute atomic E-state index is 11.2. The zero-order valence-corrected chi connectivity index (χ0v) is 11.9. The van der Waals surface area contributed by atoms with Gasteiger partial charge in [0, 0.05) is 11.1 Å². The van der Waals surface area contributed by atoms with E-state index < -0.39 is 0 Å². The van der Waals surface area contributed by atoms with Crippen molar-refractivity contribution >= 4 is 34.0 Å². The zero-order valence-electron chi connectivity index (χ0n) is 10.3. The molecule has 0 fully saturated rings. The second-order valence-corrected chi connectivity index (χ2v) is 5.52. The smallest absolute Gasteiger partial charge is 0.304 e. The number of hydrogen-bond acceptors (Lipinski definition) is 3. The summed E-state index contributed by atoms with van der Waals surface area (Å²) in [5.41, 5.74) is 4.03. The van der Waals surface area contributed by atoms with Gasteiger partial charge in [0.2, 0.25) is 0 Å². The standard InChI is InChI=1S/C13H12ClN3OS/c1-8-2-3-10-11(4-8)17(12(5-14)16-10)6-9-7-19-13(18)15-9/h2-4,7H,5-6H2,1H3,(H,15,18). The van der Waals surface area contributed by atoms with Crippen LogP contribution in [0.15, 0.2) is 28.4 Å². The molecule has 0 radical (unpaired) electrons. The minimum atomic E-state index is -0.0389. The number of aromatic amines is 1. The molecule has 0 aliphatic carbocycles. The zero-order chi connectivity index (χ0) is 13.4. The quantitative estimate of drug-likeness (QED) is 0.755. The van der Waals surface area contributed by atoms with Gasteiger partial charge in [-0.1, -0.05) is 17.4 Å². The highest BCUT2D eigenvalue weighted by Crippen LogP contribution is 2.20. The maximum atomic E-state index is 11.2. The van der Waals surface area contributed by atoms with Crippen molar-refractivity contribution in [2.45, 2.75) is 19.3 Å². The number of thiazole rings is 1. The van der Waals surface area contributed by atoms with E-state index in [2.05, 4.69) is 16.0 Å². The van der Waals surface area contributed by atoms with Gasteiger partial charge < -0.3 is 9.55 Å². The number of fused-ring (bicyclic) bond motifs is 1. The number of alkyl halides is 1. The van der Waals surface area contributed by atoms with Crippen molar-refractivity contribution in [2.24, 2.45) is 0 Å². The predicted octanol–water partition coefficient (Wildman–Crippen LogP) is 2.88. The molecule has 0 spiro atoms. The first-order valence-corrected chi connectivity index (χ1v) is 7.27. The summed E-state index contributed by atoms with van der Waals surface area (Å²) in [5, 5.41) is 1.84. The SMILES string of the molecule is Cc1ccc2nc(CCl)n(Cc3csc(=O)[nH]3)c2c1. The van der Waals surface area contributed by atoms with Gasteiger partial charge in [-0.2, -0.15) is 0 Å². The summed E-state index contributed by atoms with van der Waals surface area (Å²) < 4.78 is 2.05. The Morgan fingerprint density at radius 3 is 3.00 bits per heavy atom. The van der Waals surface area contributed by atoms with Crippen LogP contribution in [0.25, 0.3) is 11.0 Å². The van der Waals surface area contributed by atoms with Crippen LogP contribution in [0, 0.1) is 6.92 Å². The van der Waals surface area contributed by atoms with E-state index in [9.17, 15) is 4.79 Å². The lowest BCUT2D eigenvalue weighted by Gasteiger charge is -2.06. The molecule has 19 heavy (non-hydrogen) atoms. The Kier molecular flexibility index (Phi) is 3.16. The summed E-state index contributed by atoms with van der Waals surface area (Å²) in [7, 11) is 0. The monoisotopic (exact) mass is 293 g/mol. The number of benzene rings is 1. The second kappa shape index (κ2) is 4.83. The minimum absolute atomic E-state index is 0.0389. The van der Waals surface area contributed by atoms with E-state index in [0.29, 0.717) is 12.4 Å². The van der Waals surface area contributed by atoms with E-state index in [-0.39, 0.29) is 4.87 Å². The van der Waals surface area contributed by atoms with Crippen LogP contribution in [-0.2, 0) is 12.4 Å². The number of rotatable bonds is 3. The lowest BCUT2D eigenvalue weighted by Crippen LogP contribution is -2.06. The average molecular weight is 294 g/mol. The summed E-state index contributed by atoms with van der Waals surface area (Å²) in [6.45, 7) is 2.63. The lowest BCUT2D eigenvalue weighted by molar-refractivity contribution is 0.761. The molecule has 6 heteroatoms. The molecule has 0 aliphatic rings. The number of imidazole rings is 1. The molecule has 0 unspecified atom stereocenters. The molecular formula is C13H12ClN3OS. The maximum Gasteiger partial charge on any atom is 0.304 e. The number of halogens is 1. The van der Waals surface area contributed by atoms with Gasteiger partial charge in [-0.05, 0) is 24.6 Å². The Hall–Kier alpha value is -1.59. The number of aryl methyl sites for hydroxylation is 1. The molecule has 1 aromatic carbocycles. The first-order chi connectivity index (χ1) is 9.17. The molecule has 1 N–H and O–H groups in total. The van der Waals surface area contributed by atoms with Gasteiger partial charge in [0.25, 0.3) is 0 Å². The van der Waals surface area contributed by atoms with Gasteiger partial charge in [-0.3, -0.25) is 4.79 Å². The first-order valence-electron chi connectivity index (χ1n) is 5.86. The molecule has 0 amide bonds. The van der Waals surface area contributed by atoms with E-state index in [4.69, 9.17) is 11.6 Å². The highest BCUT2D eigenvalue weighted by Gasteiger charge is 2.11. The van der Waals surface area contributed by atoms with E-state index >= 15 is 0 Å². The number of nitrogens with zero attached hydrogens (tertiary/aromatic N) is 2. The van der Waals surface area contributed by atoms with Crippen LogP contribution in [0.1, 0.15) is 17.1 Å². The Labute approximate surface area is 118 Å². The van der Waals surface area contributed by atoms with Gasteiger partial charge in [0.1, 0.15) is 5.82 Å². The Morgan fingerprint density at radius 2 is 2.32 bits per heavy atom. The van der Waals surface area contributed by atoms with Crippen molar-refractivity contribution in [3.63, 3.8) is 0 Å². The van der Waals surface area contributed by atoms with Crippen molar-refractivity contribution in [3.8, 4) is 0 Å². The number of hydrogen-bond donors (Lipinski definition) is 1. The van der Waals surface area contributed by atoms with E-state index in [0.717, 1.165) is 22.6 Å². The fraction of sp³-hybridized carbons (Fsp3) is 0.231. The normalized spacial score (nSPS) is 11.3. The summed E-state index contributed by atoms with van der Waals surface area (Å²) in [5.74, 6) is 1.16. The average Bonchev–Trinajstić information content (AvgIpc) is 2.94. The van der Waals surface area contributed by atoms with E-state index in [1.165, 1.54) is 16.9 Å². The van der Waals surface area contributed by atoms with Gasteiger partial charge >= 0.3 is 4.87 Å². The predicted molar refractivity (Wildman–Crippen MR) is 78.1 cm³/mol.